The van der Waals surface area contributed by atoms with Crippen LogP contribution in [0.4, 0.5) is 0 Å². The maximum Gasteiger partial charge on any atom is 0.0849 e. The van der Waals surface area contributed by atoms with Crippen molar-refractivity contribution in [3.63, 3.8) is 0 Å². The van der Waals surface area contributed by atoms with Crippen molar-refractivity contribution in [3.8, 4) is 0 Å². The largest absolute Gasteiger partial charge is 0.343 e. The zero-order chi connectivity index (χ0) is 11.4. The van der Waals surface area contributed by atoms with E-state index in [2.05, 4.69) is 41.5 Å². The van der Waals surface area contributed by atoms with Crippen LogP contribution in [0.25, 0.3) is 0 Å². The molecule has 0 saturated carbocycles. The maximum atomic E-state index is 3.96. The normalized spacial score (nSPS) is 14.0. The Kier molecular flexibility index (Phi) is 14.7. The van der Waals surface area contributed by atoms with Gasteiger partial charge in [-0.05, 0) is 12.8 Å². The first-order valence-corrected chi connectivity index (χ1v) is 5.88. The standard InChI is InChI=1S/C8H16.C6H12/c1-5-7(3)8(4)6-2;1-3-5-6-4-2/h7-8H,3-6H2,1-2H3;1-6H2. The molecule has 0 spiro atoms. The SMILES string of the molecule is [CH2+]C(CC)C([CH2-])CC.[CH2+]CCCC[CH2-]. The average Bonchev–Trinajstić information content (AvgIpc) is 2.24. The van der Waals surface area contributed by atoms with Crippen LogP contribution >= 0.6 is 0 Å². The Morgan fingerprint density at radius 3 is 1.86 bits per heavy atom. The third-order valence-electron chi connectivity index (χ3n) is 2.47. The smallest absolute Gasteiger partial charge is 0.0849 e. The van der Waals surface area contributed by atoms with Crippen LogP contribution in [0.2, 0.25) is 0 Å². The summed E-state index contributed by atoms with van der Waals surface area (Å²) in [6.07, 6.45) is 6.92. The molecule has 0 heteroatoms. The molecule has 0 rings (SSSR count). The van der Waals surface area contributed by atoms with Crippen molar-refractivity contribution in [2.45, 2.75) is 52.4 Å². The molecule has 0 heterocycles. The summed E-state index contributed by atoms with van der Waals surface area (Å²) in [5, 5.41) is 0. The van der Waals surface area contributed by atoms with Gasteiger partial charge in [-0.25, -0.2) is 0 Å². The molecule has 0 aromatic carbocycles. The van der Waals surface area contributed by atoms with Crippen molar-refractivity contribution in [1.29, 1.82) is 0 Å². The van der Waals surface area contributed by atoms with Crippen molar-refractivity contribution in [2.75, 3.05) is 0 Å². The van der Waals surface area contributed by atoms with Crippen LogP contribution in [0.1, 0.15) is 52.4 Å². The molecular formula is C14H28. The first kappa shape index (κ1) is 16.2. The van der Waals surface area contributed by atoms with Crippen molar-refractivity contribution in [1.82, 2.24) is 0 Å². The van der Waals surface area contributed by atoms with Crippen LogP contribution in [0, 0.1) is 39.5 Å². The van der Waals surface area contributed by atoms with E-state index < -0.39 is 0 Å². The zero-order valence-electron chi connectivity index (χ0n) is 10.2. The van der Waals surface area contributed by atoms with Crippen LogP contribution in [0.5, 0.6) is 0 Å². The van der Waals surface area contributed by atoms with Gasteiger partial charge in [0.25, 0.3) is 0 Å². The minimum absolute atomic E-state index is 0.556. The summed E-state index contributed by atoms with van der Waals surface area (Å²) in [6, 6.07) is 0. The van der Waals surface area contributed by atoms with Gasteiger partial charge >= 0.3 is 0 Å². The van der Waals surface area contributed by atoms with Gasteiger partial charge in [0.2, 0.25) is 0 Å². The molecule has 0 aromatic rings. The van der Waals surface area contributed by atoms with E-state index in [0.29, 0.717) is 11.8 Å². The lowest BCUT2D eigenvalue weighted by atomic mass is 9.92. The van der Waals surface area contributed by atoms with Crippen molar-refractivity contribution in [2.24, 2.45) is 11.8 Å². The summed E-state index contributed by atoms with van der Waals surface area (Å²) in [5.74, 6) is 1.11. The monoisotopic (exact) mass is 196 g/mol. The molecule has 0 radical (unpaired) electrons. The molecule has 0 N–H and O–H groups in total. The van der Waals surface area contributed by atoms with Gasteiger partial charge in [-0.2, -0.15) is 6.42 Å². The van der Waals surface area contributed by atoms with E-state index in [4.69, 9.17) is 0 Å². The summed E-state index contributed by atoms with van der Waals surface area (Å²) < 4.78 is 0. The molecule has 0 aromatic heterocycles. The minimum atomic E-state index is 0.556. The number of hydrogen-bond acceptors (Lipinski definition) is 0. The summed E-state index contributed by atoms with van der Waals surface area (Å²) in [4.78, 5) is 0. The van der Waals surface area contributed by atoms with Gasteiger partial charge in [0.15, 0.2) is 0 Å². The molecule has 14 heavy (non-hydrogen) atoms. The van der Waals surface area contributed by atoms with Crippen LogP contribution in [0.15, 0.2) is 0 Å². The fraction of sp³-hybridized carbons (Fsp3) is 0.714. The van der Waals surface area contributed by atoms with E-state index in [1.807, 2.05) is 0 Å². The molecule has 0 fully saturated rings. The molecule has 2 atom stereocenters. The zero-order valence-corrected chi connectivity index (χ0v) is 10.2. The van der Waals surface area contributed by atoms with Gasteiger partial charge in [0.1, 0.15) is 0 Å². The summed E-state index contributed by atoms with van der Waals surface area (Å²) >= 11 is 0. The van der Waals surface area contributed by atoms with Crippen molar-refractivity contribution >= 4 is 0 Å². The highest BCUT2D eigenvalue weighted by Crippen LogP contribution is 2.15. The fourth-order valence-electron chi connectivity index (χ4n) is 1.02. The Balaban J connectivity index is 0. The Morgan fingerprint density at radius 2 is 1.71 bits per heavy atom. The second-order valence-corrected chi connectivity index (χ2v) is 3.75. The molecule has 0 saturated heterocycles. The summed E-state index contributed by atoms with van der Waals surface area (Å²) in [7, 11) is 0. The van der Waals surface area contributed by atoms with Crippen molar-refractivity contribution < 1.29 is 0 Å². The lowest BCUT2D eigenvalue weighted by Gasteiger charge is -2.15. The number of hydrogen-bond donors (Lipinski definition) is 0. The highest BCUT2D eigenvalue weighted by molar-refractivity contribution is 4.70. The van der Waals surface area contributed by atoms with Gasteiger partial charge in [0, 0.05) is 0 Å². The maximum absolute atomic E-state index is 3.96. The molecular weight excluding hydrogens is 168 g/mol. The molecule has 0 aliphatic carbocycles. The Bertz CT molecular complexity index is 74.0. The predicted molar refractivity (Wildman–Crippen MR) is 67.5 cm³/mol. The van der Waals surface area contributed by atoms with Crippen LogP contribution in [-0.2, 0) is 0 Å². The Labute approximate surface area is 92.5 Å². The fourth-order valence-corrected chi connectivity index (χ4v) is 1.02. The molecule has 84 valence electrons. The van der Waals surface area contributed by atoms with Gasteiger partial charge < -0.3 is 13.8 Å². The summed E-state index contributed by atoms with van der Waals surface area (Å²) in [5.41, 5.74) is 0. The van der Waals surface area contributed by atoms with Crippen LogP contribution in [0.3, 0.4) is 0 Å². The van der Waals surface area contributed by atoms with Gasteiger partial charge in [-0.3, -0.25) is 0 Å². The van der Waals surface area contributed by atoms with Gasteiger partial charge in [-0.1, -0.05) is 26.7 Å². The quantitative estimate of drug-likeness (QED) is 0.418. The van der Waals surface area contributed by atoms with Crippen molar-refractivity contribution in [3.05, 3.63) is 27.7 Å². The van der Waals surface area contributed by atoms with E-state index >= 15 is 0 Å². The summed E-state index contributed by atoms with van der Waals surface area (Å²) in [6.45, 7) is 19.6. The lowest BCUT2D eigenvalue weighted by molar-refractivity contribution is 0.443. The van der Waals surface area contributed by atoms with Gasteiger partial charge in [0.05, 0.1) is 26.2 Å². The first-order chi connectivity index (χ1) is 6.63. The van der Waals surface area contributed by atoms with E-state index in [1.165, 1.54) is 12.8 Å². The van der Waals surface area contributed by atoms with Crippen LogP contribution in [-0.4, -0.2) is 0 Å². The average molecular weight is 196 g/mol. The molecule has 2 unspecified atom stereocenters. The Hall–Kier alpha value is -0.260. The van der Waals surface area contributed by atoms with E-state index in [0.717, 1.165) is 25.7 Å². The second-order valence-electron chi connectivity index (χ2n) is 3.75. The third-order valence-corrected chi connectivity index (χ3v) is 2.47. The molecule has 0 amide bonds. The third kappa shape index (κ3) is 11.7. The Morgan fingerprint density at radius 1 is 1.14 bits per heavy atom. The lowest BCUT2D eigenvalue weighted by Crippen LogP contribution is -2.05. The van der Waals surface area contributed by atoms with Crippen LogP contribution < -0.4 is 0 Å². The van der Waals surface area contributed by atoms with Gasteiger partial charge in [-0.15, -0.1) is 5.92 Å². The minimum Gasteiger partial charge on any atom is -0.343 e. The molecule has 0 aliphatic heterocycles. The van der Waals surface area contributed by atoms with E-state index in [1.54, 1.807) is 0 Å². The number of rotatable bonds is 6. The first-order valence-electron chi connectivity index (χ1n) is 5.88. The highest BCUT2D eigenvalue weighted by Gasteiger charge is 2.06. The molecule has 0 aliphatic rings. The number of unbranched alkanes of at least 4 members (excludes halogenated alkanes) is 3. The molecule has 0 bridgehead atoms. The highest BCUT2D eigenvalue weighted by atomic mass is 14.1. The van der Waals surface area contributed by atoms with E-state index in [-0.39, 0.29) is 0 Å². The predicted octanol–water partition coefficient (Wildman–Crippen LogP) is 4.92. The second kappa shape index (κ2) is 12.7. The van der Waals surface area contributed by atoms with E-state index in [9.17, 15) is 0 Å². The molecule has 0 nitrogen and oxygen atoms in total. The topological polar surface area (TPSA) is 0 Å².